The lowest BCUT2D eigenvalue weighted by Gasteiger charge is -2.32. The average molecular weight is 387 g/mol. The minimum atomic E-state index is -0.146. The van der Waals surface area contributed by atoms with Gasteiger partial charge in [-0.15, -0.1) is 0 Å². The minimum absolute atomic E-state index is 0.0254. The number of aromatic nitrogens is 2. The third kappa shape index (κ3) is 3.05. The molecule has 3 aromatic rings. The Labute approximate surface area is 170 Å². The first-order valence-electron chi connectivity index (χ1n) is 10.5. The van der Waals surface area contributed by atoms with Crippen LogP contribution in [0.4, 0.5) is 0 Å². The normalized spacial score (nSPS) is 18.4. The second-order valence-corrected chi connectivity index (χ2v) is 8.15. The molecule has 2 heterocycles. The summed E-state index contributed by atoms with van der Waals surface area (Å²) >= 11 is 0. The number of amides is 1. The van der Waals surface area contributed by atoms with Gasteiger partial charge < -0.3 is 4.90 Å². The van der Waals surface area contributed by atoms with Gasteiger partial charge in [0.25, 0.3) is 5.91 Å². The van der Waals surface area contributed by atoms with E-state index in [0.29, 0.717) is 18.7 Å². The minimum Gasteiger partial charge on any atom is -0.338 e. The van der Waals surface area contributed by atoms with E-state index in [1.807, 2.05) is 17.9 Å². The van der Waals surface area contributed by atoms with E-state index in [1.165, 1.54) is 16.5 Å². The summed E-state index contributed by atoms with van der Waals surface area (Å²) in [6, 6.07) is 10.4. The van der Waals surface area contributed by atoms with E-state index in [2.05, 4.69) is 29.4 Å². The molecule has 1 aliphatic heterocycles. The Hall–Kier alpha value is -2.95. The molecule has 0 unspecified atom stereocenters. The fraction of sp³-hybridized carbons (Fsp3) is 0.375. The van der Waals surface area contributed by atoms with Gasteiger partial charge in [0.2, 0.25) is 0 Å². The number of hydrogen-bond acceptors (Lipinski definition) is 3. The number of rotatable bonds is 4. The van der Waals surface area contributed by atoms with Crippen molar-refractivity contribution in [1.82, 2.24) is 14.7 Å². The molecule has 2 aromatic carbocycles. The number of carbonyl (C=O) groups is 2. The van der Waals surface area contributed by atoms with Gasteiger partial charge in [0.15, 0.2) is 5.78 Å². The van der Waals surface area contributed by atoms with Gasteiger partial charge in [0, 0.05) is 37.3 Å². The van der Waals surface area contributed by atoms with Crippen LogP contribution in [0.15, 0.2) is 42.7 Å². The van der Waals surface area contributed by atoms with Gasteiger partial charge in [-0.2, -0.15) is 5.10 Å². The van der Waals surface area contributed by atoms with E-state index in [0.717, 1.165) is 43.2 Å². The van der Waals surface area contributed by atoms with Crippen molar-refractivity contribution >= 4 is 22.5 Å². The van der Waals surface area contributed by atoms with Crippen LogP contribution in [0.25, 0.3) is 10.8 Å². The zero-order valence-corrected chi connectivity index (χ0v) is 16.7. The maximum absolute atomic E-state index is 13.5. The molecule has 1 atom stereocenters. The summed E-state index contributed by atoms with van der Waals surface area (Å²) in [5, 5.41) is 6.56. The Morgan fingerprint density at radius 2 is 1.97 bits per heavy atom. The quantitative estimate of drug-likeness (QED) is 0.638. The summed E-state index contributed by atoms with van der Waals surface area (Å²) in [7, 11) is 0. The molecule has 0 spiro atoms. The standard InChI is InChI=1S/C24H25N3O2/c1-2-27-15-19(13-25-27)24(29)26-12-4-6-18(14-26)23(28)21-11-10-17-9-8-16-5-3-7-20(21)22(16)17/h3,5,7,10-11,13,15,18H,2,4,6,8-9,12,14H2,1H3/t18-/m1/s1. The largest absolute Gasteiger partial charge is 0.338 e. The summed E-state index contributed by atoms with van der Waals surface area (Å²) in [4.78, 5) is 28.2. The van der Waals surface area contributed by atoms with E-state index in [4.69, 9.17) is 0 Å². The summed E-state index contributed by atoms with van der Waals surface area (Å²) in [6.45, 7) is 3.91. The number of nitrogens with zero attached hydrogens (tertiary/aromatic N) is 3. The van der Waals surface area contributed by atoms with Crippen molar-refractivity contribution in [2.24, 2.45) is 5.92 Å². The number of Topliss-reactive ketones (excluding diaryl/α,β-unsaturated/α-hetero) is 1. The van der Waals surface area contributed by atoms with Crippen molar-refractivity contribution in [2.75, 3.05) is 13.1 Å². The average Bonchev–Trinajstić information content (AvgIpc) is 3.42. The first kappa shape index (κ1) is 18.1. The Morgan fingerprint density at radius 3 is 2.76 bits per heavy atom. The number of ketones is 1. The number of carbonyl (C=O) groups excluding carboxylic acids is 2. The molecule has 5 rings (SSSR count). The SMILES string of the molecule is CCn1cc(C(=O)N2CCC[C@@H](C(=O)c3ccc4c5c(cccc35)CC4)C2)cn1. The highest BCUT2D eigenvalue weighted by atomic mass is 16.2. The van der Waals surface area contributed by atoms with Crippen molar-refractivity contribution in [3.05, 3.63) is 65.0 Å². The maximum atomic E-state index is 13.5. The molecule has 1 amide bonds. The molecule has 2 aliphatic rings. The van der Waals surface area contributed by atoms with Crippen LogP contribution in [-0.4, -0.2) is 39.5 Å². The van der Waals surface area contributed by atoms with Crippen molar-refractivity contribution in [3.8, 4) is 0 Å². The van der Waals surface area contributed by atoms with Crippen molar-refractivity contribution < 1.29 is 9.59 Å². The van der Waals surface area contributed by atoms with Crippen LogP contribution in [0.2, 0.25) is 0 Å². The van der Waals surface area contributed by atoms with Crippen LogP contribution >= 0.6 is 0 Å². The maximum Gasteiger partial charge on any atom is 0.257 e. The summed E-state index contributed by atoms with van der Waals surface area (Å²) in [5.74, 6) is -0.00246. The van der Waals surface area contributed by atoms with Crippen LogP contribution in [0.3, 0.4) is 0 Å². The van der Waals surface area contributed by atoms with E-state index in [9.17, 15) is 9.59 Å². The monoisotopic (exact) mass is 387 g/mol. The van der Waals surface area contributed by atoms with Crippen molar-refractivity contribution in [2.45, 2.75) is 39.2 Å². The Balaban J connectivity index is 1.41. The fourth-order valence-electron chi connectivity index (χ4n) is 4.89. The molecule has 0 radical (unpaired) electrons. The van der Waals surface area contributed by atoms with Gasteiger partial charge in [-0.3, -0.25) is 14.3 Å². The molecule has 5 nitrogen and oxygen atoms in total. The molecular weight excluding hydrogens is 362 g/mol. The molecule has 0 N–H and O–H groups in total. The van der Waals surface area contributed by atoms with Gasteiger partial charge in [-0.25, -0.2) is 0 Å². The van der Waals surface area contributed by atoms with Crippen LogP contribution in [0.5, 0.6) is 0 Å². The van der Waals surface area contributed by atoms with Gasteiger partial charge in [0.05, 0.1) is 11.8 Å². The number of aryl methyl sites for hydroxylation is 3. The first-order valence-corrected chi connectivity index (χ1v) is 10.5. The first-order chi connectivity index (χ1) is 14.2. The second-order valence-electron chi connectivity index (χ2n) is 8.15. The lowest BCUT2D eigenvalue weighted by Crippen LogP contribution is -2.42. The lowest BCUT2D eigenvalue weighted by atomic mass is 9.87. The fourth-order valence-corrected chi connectivity index (χ4v) is 4.89. The molecule has 1 fully saturated rings. The van der Waals surface area contributed by atoms with E-state index < -0.39 is 0 Å². The highest BCUT2D eigenvalue weighted by Gasteiger charge is 2.31. The van der Waals surface area contributed by atoms with E-state index in [-0.39, 0.29) is 17.6 Å². The molecule has 148 valence electrons. The summed E-state index contributed by atoms with van der Waals surface area (Å²) in [6.07, 6.45) is 7.21. The number of hydrogen-bond donors (Lipinski definition) is 0. The van der Waals surface area contributed by atoms with Crippen molar-refractivity contribution in [3.63, 3.8) is 0 Å². The van der Waals surface area contributed by atoms with E-state index in [1.54, 1.807) is 17.1 Å². The molecular formula is C24H25N3O2. The van der Waals surface area contributed by atoms with Crippen LogP contribution in [-0.2, 0) is 19.4 Å². The number of piperidine rings is 1. The highest BCUT2D eigenvalue weighted by molar-refractivity contribution is 6.11. The van der Waals surface area contributed by atoms with Crippen LogP contribution in [0.1, 0.15) is 51.6 Å². The van der Waals surface area contributed by atoms with Crippen molar-refractivity contribution in [1.29, 1.82) is 0 Å². The summed E-state index contributed by atoms with van der Waals surface area (Å²) < 4.78 is 1.76. The third-order valence-electron chi connectivity index (χ3n) is 6.43. The van der Waals surface area contributed by atoms with Crippen LogP contribution in [0, 0.1) is 5.92 Å². The van der Waals surface area contributed by atoms with E-state index >= 15 is 0 Å². The summed E-state index contributed by atoms with van der Waals surface area (Å²) in [5.41, 5.74) is 4.11. The zero-order valence-electron chi connectivity index (χ0n) is 16.7. The Morgan fingerprint density at radius 1 is 1.14 bits per heavy atom. The molecule has 1 saturated heterocycles. The lowest BCUT2D eigenvalue weighted by molar-refractivity contribution is 0.0637. The molecule has 0 bridgehead atoms. The van der Waals surface area contributed by atoms with Crippen LogP contribution < -0.4 is 0 Å². The second kappa shape index (κ2) is 7.14. The Bertz CT molecular complexity index is 1100. The van der Waals surface area contributed by atoms with Gasteiger partial charge in [0.1, 0.15) is 0 Å². The predicted molar refractivity (Wildman–Crippen MR) is 112 cm³/mol. The van der Waals surface area contributed by atoms with Gasteiger partial charge >= 0.3 is 0 Å². The third-order valence-corrected chi connectivity index (χ3v) is 6.43. The highest BCUT2D eigenvalue weighted by Crippen LogP contribution is 2.34. The molecule has 29 heavy (non-hydrogen) atoms. The Kier molecular flexibility index (Phi) is 4.46. The number of likely N-dealkylation sites (tertiary alicyclic amines) is 1. The predicted octanol–water partition coefficient (Wildman–Crippen LogP) is 3.89. The zero-order chi connectivity index (χ0) is 20.0. The number of benzene rings is 2. The smallest absolute Gasteiger partial charge is 0.257 e. The van der Waals surface area contributed by atoms with Gasteiger partial charge in [-0.05, 0) is 54.5 Å². The molecule has 1 aliphatic carbocycles. The molecule has 0 saturated carbocycles. The molecule has 1 aromatic heterocycles. The topological polar surface area (TPSA) is 55.2 Å². The molecule has 5 heteroatoms. The van der Waals surface area contributed by atoms with Gasteiger partial charge in [-0.1, -0.05) is 30.3 Å².